The van der Waals surface area contributed by atoms with E-state index in [0.717, 1.165) is 31.8 Å². The van der Waals surface area contributed by atoms with Gasteiger partial charge in [-0.2, -0.15) is 0 Å². The van der Waals surface area contributed by atoms with E-state index in [1.165, 1.54) is 0 Å². The van der Waals surface area contributed by atoms with E-state index in [0.29, 0.717) is 18.2 Å². The first-order valence-electron chi connectivity index (χ1n) is 5.65. The summed E-state index contributed by atoms with van der Waals surface area (Å²) in [5.74, 6) is -3.64. The zero-order valence-corrected chi connectivity index (χ0v) is 10.9. The van der Waals surface area contributed by atoms with Crippen LogP contribution in [0.3, 0.4) is 0 Å². The van der Waals surface area contributed by atoms with Crippen molar-refractivity contribution in [3.63, 3.8) is 0 Å². The van der Waals surface area contributed by atoms with Gasteiger partial charge in [-0.15, -0.1) is 12.4 Å². The Kier molecular flexibility index (Phi) is 5.44. The molecule has 1 heterocycles. The van der Waals surface area contributed by atoms with Crippen LogP contribution in [0.2, 0.25) is 0 Å². The molecule has 2 rings (SSSR count). The van der Waals surface area contributed by atoms with Gasteiger partial charge < -0.3 is 5.32 Å². The van der Waals surface area contributed by atoms with Crippen molar-refractivity contribution in [3.8, 4) is 0 Å². The standard InChI is InChI=1S/C12H15F3N2.ClH/c1-8-6-17(3-2-16-8)7-9-4-10(13)12(15)11(14)5-9;/h4-5,8,16H,2-3,6-7H2,1H3;1H. The van der Waals surface area contributed by atoms with E-state index in [9.17, 15) is 13.2 Å². The van der Waals surface area contributed by atoms with Crippen molar-refractivity contribution in [1.29, 1.82) is 0 Å². The molecule has 2 nitrogen and oxygen atoms in total. The van der Waals surface area contributed by atoms with Gasteiger partial charge in [-0.3, -0.25) is 4.90 Å². The van der Waals surface area contributed by atoms with E-state index in [1.807, 2.05) is 0 Å². The summed E-state index contributed by atoms with van der Waals surface area (Å²) in [6.45, 7) is 5.00. The highest BCUT2D eigenvalue weighted by Gasteiger charge is 2.17. The number of hydrogen-bond acceptors (Lipinski definition) is 2. The predicted octanol–water partition coefficient (Wildman–Crippen LogP) is 2.32. The van der Waals surface area contributed by atoms with E-state index >= 15 is 0 Å². The topological polar surface area (TPSA) is 15.3 Å². The lowest BCUT2D eigenvalue weighted by Crippen LogP contribution is -2.48. The normalized spacial score (nSPS) is 20.6. The Labute approximate surface area is 111 Å². The quantitative estimate of drug-likeness (QED) is 0.837. The molecule has 0 aliphatic carbocycles. The van der Waals surface area contributed by atoms with Crippen LogP contribution in [0.4, 0.5) is 13.2 Å². The Morgan fingerprint density at radius 2 is 1.89 bits per heavy atom. The molecule has 0 radical (unpaired) electrons. The summed E-state index contributed by atoms with van der Waals surface area (Å²) in [6, 6.07) is 2.48. The molecule has 0 spiro atoms. The second-order valence-electron chi connectivity index (χ2n) is 4.46. The minimum Gasteiger partial charge on any atom is -0.312 e. The van der Waals surface area contributed by atoms with Crippen molar-refractivity contribution in [2.24, 2.45) is 0 Å². The van der Waals surface area contributed by atoms with E-state index in [4.69, 9.17) is 0 Å². The van der Waals surface area contributed by atoms with E-state index in [-0.39, 0.29) is 12.4 Å². The van der Waals surface area contributed by atoms with E-state index in [2.05, 4.69) is 17.1 Å². The molecule has 0 saturated carbocycles. The number of piperazine rings is 1. The average molecular weight is 281 g/mol. The lowest BCUT2D eigenvalue weighted by molar-refractivity contribution is 0.199. The fraction of sp³-hybridized carbons (Fsp3) is 0.500. The maximum atomic E-state index is 13.0. The highest BCUT2D eigenvalue weighted by atomic mass is 35.5. The van der Waals surface area contributed by atoms with Gasteiger partial charge >= 0.3 is 0 Å². The molecular weight excluding hydrogens is 265 g/mol. The predicted molar refractivity (Wildman–Crippen MR) is 66.3 cm³/mol. The molecule has 0 amide bonds. The molecule has 1 aliphatic heterocycles. The van der Waals surface area contributed by atoms with Gasteiger partial charge in [0.05, 0.1) is 0 Å². The SMILES string of the molecule is CC1CN(Cc2cc(F)c(F)c(F)c2)CCN1.Cl. The van der Waals surface area contributed by atoms with Gasteiger partial charge in [0.2, 0.25) is 0 Å². The molecule has 1 aromatic rings. The maximum absolute atomic E-state index is 13.0. The van der Waals surface area contributed by atoms with Crippen LogP contribution in [0.15, 0.2) is 12.1 Å². The van der Waals surface area contributed by atoms with Crippen molar-refractivity contribution in [1.82, 2.24) is 10.2 Å². The molecule has 0 aromatic heterocycles. The summed E-state index contributed by atoms with van der Waals surface area (Å²) in [4.78, 5) is 2.09. The molecule has 1 N–H and O–H groups in total. The molecule has 18 heavy (non-hydrogen) atoms. The average Bonchev–Trinajstić information content (AvgIpc) is 2.26. The van der Waals surface area contributed by atoms with Crippen LogP contribution in [0.5, 0.6) is 0 Å². The summed E-state index contributed by atoms with van der Waals surface area (Å²) in [7, 11) is 0. The fourth-order valence-corrected chi connectivity index (χ4v) is 2.11. The third-order valence-corrected chi connectivity index (χ3v) is 2.90. The number of benzene rings is 1. The Hall–Kier alpha value is -0.780. The van der Waals surface area contributed by atoms with E-state index < -0.39 is 17.5 Å². The van der Waals surface area contributed by atoms with Gasteiger partial charge in [-0.1, -0.05) is 0 Å². The van der Waals surface area contributed by atoms with Gasteiger partial charge in [0.15, 0.2) is 17.5 Å². The summed E-state index contributed by atoms with van der Waals surface area (Å²) in [6.07, 6.45) is 0. The molecule has 0 bridgehead atoms. The highest BCUT2D eigenvalue weighted by molar-refractivity contribution is 5.85. The van der Waals surface area contributed by atoms with E-state index in [1.54, 1.807) is 0 Å². The van der Waals surface area contributed by atoms with Crippen LogP contribution in [-0.2, 0) is 6.54 Å². The monoisotopic (exact) mass is 280 g/mol. The third kappa shape index (κ3) is 3.60. The second-order valence-corrected chi connectivity index (χ2v) is 4.46. The smallest absolute Gasteiger partial charge is 0.194 e. The minimum absolute atomic E-state index is 0. The molecule has 102 valence electrons. The van der Waals surface area contributed by atoms with Crippen LogP contribution in [0.1, 0.15) is 12.5 Å². The van der Waals surface area contributed by atoms with Crippen LogP contribution in [0.25, 0.3) is 0 Å². The van der Waals surface area contributed by atoms with Gasteiger partial charge in [0, 0.05) is 32.2 Å². The Morgan fingerprint density at radius 3 is 2.44 bits per heavy atom. The van der Waals surface area contributed by atoms with Crippen molar-refractivity contribution in [2.75, 3.05) is 19.6 Å². The minimum atomic E-state index is -1.40. The molecule has 6 heteroatoms. The van der Waals surface area contributed by atoms with Gasteiger partial charge in [0.25, 0.3) is 0 Å². The Morgan fingerprint density at radius 1 is 1.28 bits per heavy atom. The van der Waals surface area contributed by atoms with Crippen LogP contribution >= 0.6 is 12.4 Å². The van der Waals surface area contributed by atoms with Crippen molar-refractivity contribution in [2.45, 2.75) is 19.5 Å². The lowest BCUT2D eigenvalue weighted by atomic mass is 10.1. The second kappa shape index (κ2) is 6.41. The summed E-state index contributed by atoms with van der Waals surface area (Å²) < 4.78 is 38.8. The zero-order chi connectivity index (χ0) is 12.4. The molecule has 1 atom stereocenters. The Balaban J connectivity index is 0.00000162. The lowest BCUT2D eigenvalue weighted by Gasteiger charge is -2.31. The van der Waals surface area contributed by atoms with Gasteiger partial charge in [-0.05, 0) is 24.6 Å². The van der Waals surface area contributed by atoms with Crippen LogP contribution < -0.4 is 5.32 Å². The summed E-state index contributed by atoms with van der Waals surface area (Å²) in [5.41, 5.74) is 0.468. The molecule has 1 fully saturated rings. The van der Waals surface area contributed by atoms with Gasteiger partial charge in [-0.25, -0.2) is 13.2 Å². The van der Waals surface area contributed by atoms with Crippen molar-refractivity contribution < 1.29 is 13.2 Å². The number of rotatable bonds is 2. The number of halogens is 4. The molecule has 1 unspecified atom stereocenters. The Bertz CT molecular complexity index is 391. The summed E-state index contributed by atoms with van der Waals surface area (Å²) in [5, 5.41) is 3.28. The third-order valence-electron chi connectivity index (χ3n) is 2.90. The first-order chi connectivity index (χ1) is 8.06. The molecule has 1 saturated heterocycles. The maximum Gasteiger partial charge on any atom is 0.194 e. The fourth-order valence-electron chi connectivity index (χ4n) is 2.11. The van der Waals surface area contributed by atoms with Crippen LogP contribution in [0, 0.1) is 17.5 Å². The molecular formula is C12H16ClF3N2. The van der Waals surface area contributed by atoms with Crippen molar-refractivity contribution >= 4 is 12.4 Å². The van der Waals surface area contributed by atoms with Crippen molar-refractivity contribution in [3.05, 3.63) is 35.1 Å². The molecule has 1 aliphatic rings. The largest absolute Gasteiger partial charge is 0.312 e. The highest BCUT2D eigenvalue weighted by Crippen LogP contribution is 2.15. The first kappa shape index (κ1) is 15.3. The number of hydrogen-bond donors (Lipinski definition) is 1. The number of nitrogens with zero attached hydrogens (tertiary/aromatic N) is 1. The first-order valence-corrected chi connectivity index (χ1v) is 5.65. The summed E-state index contributed by atoms with van der Waals surface area (Å²) >= 11 is 0. The van der Waals surface area contributed by atoms with Gasteiger partial charge in [0.1, 0.15) is 0 Å². The van der Waals surface area contributed by atoms with Crippen LogP contribution in [-0.4, -0.2) is 30.6 Å². The number of nitrogens with one attached hydrogen (secondary N) is 1. The molecule has 1 aromatic carbocycles. The zero-order valence-electron chi connectivity index (χ0n) is 10.0.